The molecule has 4 aromatic heterocycles. The van der Waals surface area contributed by atoms with Gasteiger partial charge in [-0.1, -0.05) is 12.1 Å². The Hall–Kier alpha value is -2.58. The summed E-state index contributed by atoms with van der Waals surface area (Å²) in [6.45, 7) is 3.10. The lowest BCUT2D eigenvalue weighted by Gasteiger charge is -2.20. The van der Waals surface area contributed by atoms with E-state index >= 15 is 0 Å². The van der Waals surface area contributed by atoms with E-state index < -0.39 is 0 Å². The second-order valence-electron chi connectivity index (χ2n) is 5.87. The number of nitrogens with zero attached hydrogens (tertiary/aromatic N) is 5. The number of rotatable bonds is 6. The normalized spacial score (nSPS) is 11.1. The lowest BCUT2D eigenvalue weighted by molar-refractivity contribution is 0.0735. The zero-order chi connectivity index (χ0) is 17.9. The van der Waals surface area contributed by atoms with Crippen LogP contribution in [0, 0.1) is 6.92 Å². The highest BCUT2D eigenvalue weighted by Gasteiger charge is 2.22. The largest absolute Gasteiger partial charge is 0.330 e. The summed E-state index contributed by atoms with van der Waals surface area (Å²) in [5.41, 5.74) is 0.893. The number of thiophene rings is 2. The van der Waals surface area contributed by atoms with Gasteiger partial charge in [0.1, 0.15) is 0 Å². The van der Waals surface area contributed by atoms with Crippen molar-refractivity contribution in [2.45, 2.75) is 19.9 Å². The van der Waals surface area contributed by atoms with E-state index in [0.717, 1.165) is 17.0 Å². The van der Waals surface area contributed by atoms with Crippen molar-refractivity contribution in [2.75, 3.05) is 6.54 Å². The van der Waals surface area contributed by atoms with Gasteiger partial charge in [0.05, 0.1) is 6.54 Å². The summed E-state index contributed by atoms with van der Waals surface area (Å²) in [6, 6.07) is 10.0. The summed E-state index contributed by atoms with van der Waals surface area (Å²) in [5.74, 6) is 0.470. The second-order valence-corrected chi connectivity index (χ2v) is 7.93. The van der Waals surface area contributed by atoms with Crippen molar-refractivity contribution in [3.63, 3.8) is 0 Å². The van der Waals surface area contributed by atoms with E-state index in [1.165, 1.54) is 4.88 Å². The molecule has 0 fully saturated rings. The lowest BCUT2D eigenvalue weighted by atomic mass is 10.3. The van der Waals surface area contributed by atoms with Gasteiger partial charge in [0.2, 0.25) is 5.82 Å². The Balaban J connectivity index is 1.60. The Morgan fingerprint density at radius 1 is 1.15 bits per heavy atom. The molecule has 0 aliphatic rings. The number of carbonyl (C=O) groups excluding carboxylic acids is 1. The van der Waals surface area contributed by atoms with Gasteiger partial charge in [-0.25, -0.2) is 9.50 Å². The fourth-order valence-corrected chi connectivity index (χ4v) is 4.10. The molecular formula is C18H17N5OS2. The first kappa shape index (κ1) is 16.9. The van der Waals surface area contributed by atoms with E-state index in [9.17, 15) is 4.79 Å². The van der Waals surface area contributed by atoms with Gasteiger partial charge in [0.25, 0.3) is 11.7 Å². The molecule has 0 N–H and O–H groups in total. The van der Waals surface area contributed by atoms with Crippen LogP contribution in [0.25, 0.3) is 5.78 Å². The lowest BCUT2D eigenvalue weighted by Crippen LogP contribution is -2.33. The number of fused-ring (bicyclic) bond motifs is 1. The average Bonchev–Trinajstić information content (AvgIpc) is 3.39. The Morgan fingerprint density at radius 2 is 1.92 bits per heavy atom. The predicted molar refractivity (Wildman–Crippen MR) is 103 cm³/mol. The van der Waals surface area contributed by atoms with Gasteiger partial charge in [-0.15, -0.1) is 27.8 Å². The zero-order valence-electron chi connectivity index (χ0n) is 14.2. The predicted octanol–water partition coefficient (Wildman–Crippen LogP) is 3.44. The number of aromatic nitrogens is 4. The first-order chi connectivity index (χ1) is 12.7. The van der Waals surface area contributed by atoms with Crippen LogP contribution in [-0.2, 0) is 13.0 Å². The smallest absolute Gasteiger partial charge is 0.293 e. The maximum atomic E-state index is 13.1. The Bertz CT molecular complexity index is 1010. The van der Waals surface area contributed by atoms with Gasteiger partial charge in [-0.3, -0.25) is 4.79 Å². The van der Waals surface area contributed by atoms with Crippen LogP contribution in [0.15, 0.2) is 47.3 Å². The van der Waals surface area contributed by atoms with Gasteiger partial charge < -0.3 is 4.90 Å². The van der Waals surface area contributed by atoms with Gasteiger partial charge in [0.15, 0.2) is 0 Å². The number of carbonyl (C=O) groups is 1. The highest BCUT2D eigenvalue weighted by molar-refractivity contribution is 7.10. The van der Waals surface area contributed by atoms with Crippen molar-refractivity contribution in [3.8, 4) is 0 Å². The molecule has 0 aliphatic carbocycles. The second kappa shape index (κ2) is 7.35. The van der Waals surface area contributed by atoms with Gasteiger partial charge in [-0.2, -0.15) is 4.98 Å². The molecule has 0 unspecified atom stereocenters. The Labute approximate surface area is 158 Å². The molecule has 4 aromatic rings. The van der Waals surface area contributed by atoms with Crippen LogP contribution < -0.4 is 0 Å². The third-order valence-corrected chi connectivity index (χ3v) is 5.84. The molecule has 1 amide bonds. The number of hydrogen-bond donors (Lipinski definition) is 0. The van der Waals surface area contributed by atoms with E-state index in [1.54, 1.807) is 33.4 Å². The molecule has 0 radical (unpaired) electrons. The molecule has 0 spiro atoms. The molecule has 0 saturated heterocycles. The maximum absolute atomic E-state index is 13.1. The molecular weight excluding hydrogens is 366 g/mol. The van der Waals surface area contributed by atoms with Crippen LogP contribution >= 0.6 is 22.7 Å². The first-order valence-electron chi connectivity index (χ1n) is 8.23. The van der Waals surface area contributed by atoms with Gasteiger partial charge in [0, 0.05) is 28.2 Å². The minimum absolute atomic E-state index is 0.167. The molecule has 6 nitrogen and oxygen atoms in total. The van der Waals surface area contributed by atoms with Crippen LogP contribution in [0.3, 0.4) is 0 Å². The third kappa shape index (κ3) is 3.51. The first-order valence-corrected chi connectivity index (χ1v) is 9.99. The molecule has 4 rings (SSSR count). The summed E-state index contributed by atoms with van der Waals surface area (Å²) in [6.07, 6.45) is 2.49. The highest BCUT2D eigenvalue weighted by Crippen LogP contribution is 2.16. The van der Waals surface area contributed by atoms with Crippen LogP contribution in [0.1, 0.15) is 26.1 Å². The van der Waals surface area contributed by atoms with Crippen LogP contribution in [0.4, 0.5) is 0 Å². The fraction of sp³-hybridized carbons (Fsp3) is 0.222. The molecule has 0 aliphatic heterocycles. The van der Waals surface area contributed by atoms with E-state index in [2.05, 4.69) is 26.5 Å². The molecule has 132 valence electrons. The Kier molecular flexibility index (Phi) is 4.77. The topological polar surface area (TPSA) is 63.4 Å². The monoisotopic (exact) mass is 383 g/mol. The quantitative estimate of drug-likeness (QED) is 0.512. The number of aryl methyl sites for hydroxylation is 1. The van der Waals surface area contributed by atoms with Crippen molar-refractivity contribution in [3.05, 3.63) is 68.6 Å². The van der Waals surface area contributed by atoms with Crippen molar-refractivity contribution < 1.29 is 4.79 Å². The van der Waals surface area contributed by atoms with E-state index in [0.29, 0.717) is 18.9 Å². The SMILES string of the molecule is Cc1ccnc2nc(C(=O)N(CCc3cccs3)Cc3cccs3)nn12. The van der Waals surface area contributed by atoms with Crippen molar-refractivity contribution in [2.24, 2.45) is 0 Å². The summed E-state index contributed by atoms with van der Waals surface area (Å²) in [4.78, 5) is 25.8. The third-order valence-electron chi connectivity index (χ3n) is 4.04. The molecule has 26 heavy (non-hydrogen) atoms. The highest BCUT2D eigenvalue weighted by atomic mass is 32.1. The molecule has 0 aromatic carbocycles. The van der Waals surface area contributed by atoms with Crippen molar-refractivity contribution in [1.29, 1.82) is 0 Å². The molecule has 4 heterocycles. The van der Waals surface area contributed by atoms with E-state index in [1.807, 2.05) is 41.5 Å². The summed E-state index contributed by atoms with van der Waals surface area (Å²) < 4.78 is 1.61. The van der Waals surface area contributed by atoms with Crippen LogP contribution in [0.2, 0.25) is 0 Å². The molecule has 0 atom stereocenters. The minimum Gasteiger partial charge on any atom is -0.330 e. The standard InChI is InChI=1S/C18H17N5OS2/c1-13-6-8-19-18-20-16(21-23(13)18)17(24)22(12-15-5-3-11-26-15)9-7-14-4-2-10-25-14/h2-6,8,10-11H,7,9,12H2,1H3. The molecule has 0 saturated carbocycles. The summed E-state index contributed by atoms with van der Waals surface area (Å²) in [5, 5.41) is 8.44. The summed E-state index contributed by atoms with van der Waals surface area (Å²) >= 11 is 3.35. The average molecular weight is 384 g/mol. The number of hydrogen-bond acceptors (Lipinski definition) is 6. The molecule has 0 bridgehead atoms. The fourth-order valence-electron chi connectivity index (χ4n) is 2.68. The number of amides is 1. The van der Waals surface area contributed by atoms with Crippen molar-refractivity contribution in [1.82, 2.24) is 24.5 Å². The van der Waals surface area contributed by atoms with Crippen molar-refractivity contribution >= 4 is 34.4 Å². The Morgan fingerprint density at radius 3 is 2.62 bits per heavy atom. The van der Waals surface area contributed by atoms with Crippen LogP contribution in [-0.4, -0.2) is 36.9 Å². The van der Waals surface area contributed by atoms with Gasteiger partial charge >= 0.3 is 0 Å². The zero-order valence-corrected chi connectivity index (χ0v) is 15.8. The summed E-state index contributed by atoms with van der Waals surface area (Å²) in [7, 11) is 0. The molecule has 8 heteroatoms. The van der Waals surface area contributed by atoms with E-state index in [4.69, 9.17) is 0 Å². The minimum atomic E-state index is -0.167. The van der Waals surface area contributed by atoms with E-state index in [-0.39, 0.29) is 11.7 Å². The van der Waals surface area contributed by atoms with Crippen LogP contribution in [0.5, 0.6) is 0 Å². The maximum Gasteiger partial charge on any atom is 0.293 e. The van der Waals surface area contributed by atoms with Gasteiger partial charge in [-0.05, 0) is 42.3 Å².